The molecule has 1 aliphatic heterocycles. The van der Waals surface area contributed by atoms with Gasteiger partial charge in [0.25, 0.3) is 0 Å². The van der Waals surface area contributed by atoms with Crippen LogP contribution in [0, 0.1) is 5.92 Å². The molecule has 1 aromatic carbocycles. The summed E-state index contributed by atoms with van der Waals surface area (Å²) in [5.74, 6) is 0.614. The molecule has 1 saturated heterocycles. The standard InChI is InChI=1S/C13H20N2O/c14-8-11-6-7-15(9-11)10-13(16)12-4-2-1-3-5-12/h1-5,11,13,16H,6-10,14H2. The Bertz CT molecular complexity index is 315. The van der Waals surface area contributed by atoms with E-state index in [0.717, 1.165) is 38.2 Å². The van der Waals surface area contributed by atoms with Crippen LogP contribution in [-0.2, 0) is 0 Å². The minimum atomic E-state index is -0.377. The first-order valence-electron chi connectivity index (χ1n) is 5.95. The van der Waals surface area contributed by atoms with E-state index in [-0.39, 0.29) is 6.10 Å². The lowest BCUT2D eigenvalue weighted by atomic mass is 10.1. The molecule has 16 heavy (non-hydrogen) atoms. The van der Waals surface area contributed by atoms with Crippen molar-refractivity contribution in [2.24, 2.45) is 11.7 Å². The van der Waals surface area contributed by atoms with Crippen molar-refractivity contribution < 1.29 is 5.11 Å². The molecule has 0 spiro atoms. The zero-order valence-corrected chi connectivity index (χ0v) is 9.55. The Balaban J connectivity index is 1.86. The molecule has 1 fully saturated rings. The number of nitrogens with zero attached hydrogens (tertiary/aromatic N) is 1. The number of rotatable bonds is 4. The Labute approximate surface area is 96.9 Å². The number of hydrogen-bond donors (Lipinski definition) is 2. The molecule has 0 amide bonds. The average Bonchev–Trinajstić information content (AvgIpc) is 2.78. The normalized spacial score (nSPS) is 23.5. The topological polar surface area (TPSA) is 49.5 Å². The fraction of sp³-hybridized carbons (Fsp3) is 0.538. The van der Waals surface area contributed by atoms with Gasteiger partial charge < -0.3 is 15.7 Å². The van der Waals surface area contributed by atoms with Gasteiger partial charge in [0.2, 0.25) is 0 Å². The first-order valence-corrected chi connectivity index (χ1v) is 5.95. The van der Waals surface area contributed by atoms with Gasteiger partial charge in [0.15, 0.2) is 0 Å². The van der Waals surface area contributed by atoms with Crippen LogP contribution in [0.1, 0.15) is 18.1 Å². The van der Waals surface area contributed by atoms with Crippen LogP contribution < -0.4 is 5.73 Å². The van der Waals surface area contributed by atoms with Gasteiger partial charge >= 0.3 is 0 Å². The van der Waals surface area contributed by atoms with E-state index in [1.807, 2.05) is 30.3 Å². The molecule has 3 nitrogen and oxygen atoms in total. The third-order valence-electron chi connectivity index (χ3n) is 3.32. The minimum Gasteiger partial charge on any atom is -0.387 e. The molecule has 0 saturated carbocycles. The number of aliphatic hydroxyl groups is 1. The summed E-state index contributed by atoms with van der Waals surface area (Å²) >= 11 is 0. The first-order chi connectivity index (χ1) is 7.79. The predicted octanol–water partition coefficient (Wildman–Crippen LogP) is 1.00. The quantitative estimate of drug-likeness (QED) is 0.796. The number of likely N-dealkylation sites (tertiary alicyclic amines) is 1. The van der Waals surface area contributed by atoms with Crippen molar-refractivity contribution in [1.29, 1.82) is 0 Å². The van der Waals surface area contributed by atoms with Crippen LogP contribution in [0.3, 0.4) is 0 Å². The number of hydrogen-bond acceptors (Lipinski definition) is 3. The highest BCUT2D eigenvalue weighted by atomic mass is 16.3. The Morgan fingerprint density at radius 3 is 2.75 bits per heavy atom. The van der Waals surface area contributed by atoms with Crippen molar-refractivity contribution >= 4 is 0 Å². The Hall–Kier alpha value is -0.900. The van der Waals surface area contributed by atoms with E-state index >= 15 is 0 Å². The van der Waals surface area contributed by atoms with Gasteiger partial charge in [-0.05, 0) is 31.0 Å². The molecular weight excluding hydrogens is 200 g/mol. The monoisotopic (exact) mass is 220 g/mol. The summed E-state index contributed by atoms with van der Waals surface area (Å²) in [6.45, 7) is 3.57. The summed E-state index contributed by atoms with van der Waals surface area (Å²) in [7, 11) is 0. The summed E-state index contributed by atoms with van der Waals surface area (Å²) in [5.41, 5.74) is 6.65. The first kappa shape index (κ1) is 11.6. The van der Waals surface area contributed by atoms with Gasteiger partial charge in [-0.1, -0.05) is 30.3 Å². The van der Waals surface area contributed by atoms with Crippen molar-refractivity contribution in [3.8, 4) is 0 Å². The van der Waals surface area contributed by atoms with Crippen LogP contribution in [0.15, 0.2) is 30.3 Å². The summed E-state index contributed by atoms with van der Waals surface area (Å²) in [6, 6.07) is 9.84. The highest BCUT2D eigenvalue weighted by Gasteiger charge is 2.23. The second-order valence-electron chi connectivity index (χ2n) is 4.58. The molecule has 2 unspecified atom stereocenters. The van der Waals surface area contributed by atoms with Crippen molar-refractivity contribution in [2.45, 2.75) is 12.5 Å². The van der Waals surface area contributed by atoms with Crippen molar-refractivity contribution in [2.75, 3.05) is 26.2 Å². The Morgan fingerprint density at radius 1 is 1.38 bits per heavy atom. The molecule has 1 aromatic rings. The van der Waals surface area contributed by atoms with Crippen molar-refractivity contribution in [1.82, 2.24) is 4.90 Å². The lowest BCUT2D eigenvalue weighted by molar-refractivity contribution is 0.124. The van der Waals surface area contributed by atoms with Gasteiger partial charge in [0.1, 0.15) is 0 Å². The van der Waals surface area contributed by atoms with Crippen molar-refractivity contribution in [3.63, 3.8) is 0 Å². The second-order valence-corrected chi connectivity index (χ2v) is 4.58. The number of nitrogens with two attached hydrogens (primary N) is 1. The highest BCUT2D eigenvalue weighted by Crippen LogP contribution is 2.19. The molecule has 0 radical (unpaired) electrons. The van der Waals surface area contributed by atoms with E-state index < -0.39 is 0 Å². The third-order valence-corrected chi connectivity index (χ3v) is 3.32. The van der Waals surface area contributed by atoms with Crippen LogP contribution >= 0.6 is 0 Å². The molecule has 3 heteroatoms. The fourth-order valence-corrected chi connectivity index (χ4v) is 2.30. The number of benzene rings is 1. The lowest BCUT2D eigenvalue weighted by Crippen LogP contribution is -2.27. The van der Waals surface area contributed by atoms with E-state index in [2.05, 4.69) is 4.90 Å². The molecule has 88 valence electrons. The van der Waals surface area contributed by atoms with E-state index in [0.29, 0.717) is 5.92 Å². The molecule has 0 bridgehead atoms. The second kappa shape index (κ2) is 5.43. The van der Waals surface area contributed by atoms with E-state index in [4.69, 9.17) is 5.73 Å². The van der Waals surface area contributed by atoms with Gasteiger partial charge in [0.05, 0.1) is 6.10 Å². The third kappa shape index (κ3) is 2.82. The maximum absolute atomic E-state index is 10.1. The molecular formula is C13H20N2O. The van der Waals surface area contributed by atoms with Crippen LogP contribution in [0.2, 0.25) is 0 Å². The fourth-order valence-electron chi connectivity index (χ4n) is 2.30. The smallest absolute Gasteiger partial charge is 0.0916 e. The van der Waals surface area contributed by atoms with Gasteiger partial charge in [-0.3, -0.25) is 0 Å². The highest BCUT2D eigenvalue weighted by molar-refractivity contribution is 5.17. The maximum Gasteiger partial charge on any atom is 0.0916 e. The molecule has 0 aliphatic carbocycles. The van der Waals surface area contributed by atoms with Gasteiger partial charge in [0, 0.05) is 13.1 Å². The summed E-state index contributed by atoms with van der Waals surface area (Å²) in [4.78, 5) is 2.30. The van der Waals surface area contributed by atoms with Gasteiger partial charge in [-0.25, -0.2) is 0 Å². The Kier molecular flexibility index (Phi) is 3.93. The zero-order valence-electron chi connectivity index (χ0n) is 9.55. The molecule has 0 aromatic heterocycles. The maximum atomic E-state index is 10.1. The largest absolute Gasteiger partial charge is 0.387 e. The minimum absolute atomic E-state index is 0.377. The van der Waals surface area contributed by atoms with E-state index in [1.165, 1.54) is 0 Å². The van der Waals surface area contributed by atoms with Gasteiger partial charge in [-0.2, -0.15) is 0 Å². The van der Waals surface area contributed by atoms with Crippen LogP contribution in [0.5, 0.6) is 0 Å². The molecule has 2 rings (SSSR count). The number of β-amino-alcohol motifs (C(OH)–C–C–N with tert-alkyl or cyclic N) is 1. The zero-order chi connectivity index (χ0) is 11.4. The predicted molar refractivity (Wildman–Crippen MR) is 65.0 cm³/mol. The van der Waals surface area contributed by atoms with Crippen LogP contribution in [0.25, 0.3) is 0 Å². The van der Waals surface area contributed by atoms with E-state index in [1.54, 1.807) is 0 Å². The molecule has 2 atom stereocenters. The molecule has 3 N–H and O–H groups in total. The SMILES string of the molecule is NCC1CCN(CC(O)c2ccccc2)C1. The Morgan fingerprint density at radius 2 is 2.12 bits per heavy atom. The average molecular weight is 220 g/mol. The van der Waals surface area contributed by atoms with Crippen LogP contribution in [0.4, 0.5) is 0 Å². The number of aliphatic hydroxyl groups excluding tert-OH is 1. The summed E-state index contributed by atoms with van der Waals surface area (Å²) < 4.78 is 0. The van der Waals surface area contributed by atoms with E-state index in [9.17, 15) is 5.11 Å². The summed E-state index contributed by atoms with van der Waals surface area (Å²) in [5, 5.41) is 10.1. The summed E-state index contributed by atoms with van der Waals surface area (Å²) in [6.07, 6.45) is 0.788. The molecule has 1 heterocycles. The van der Waals surface area contributed by atoms with Crippen LogP contribution in [-0.4, -0.2) is 36.2 Å². The van der Waals surface area contributed by atoms with Crippen molar-refractivity contribution in [3.05, 3.63) is 35.9 Å². The van der Waals surface area contributed by atoms with Gasteiger partial charge in [-0.15, -0.1) is 0 Å². The molecule has 1 aliphatic rings. The lowest BCUT2D eigenvalue weighted by Gasteiger charge is -2.20.